The van der Waals surface area contributed by atoms with Crippen LogP contribution in [0.3, 0.4) is 0 Å². The Kier molecular flexibility index (Phi) is 11.1. The molecule has 36 heavy (non-hydrogen) atoms. The summed E-state index contributed by atoms with van der Waals surface area (Å²) in [7, 11) is 0. The molecule has 198 valence electrons. The SMILES string of the molecule is CCN(CC)CCCN(CC)CCCCCC(=O)Nc1nc2ccccc2c2c1ncn2CC(C)C. The van der Waals surface area contributed by atoms with E-state index in [1.807, 2.05) is 24.5 Å². The summed E-state index contributed by atoms with van der Waals surface area (Å²) in [5, 5.41) is 4.13. The van der Waals surface area contributed by atoms with Gasteiger partial charge in [-0.15, -0.1) is 0 Å². The van der Waals surface area contributed by atoms with E-state index in [1.165, 1.54) is 13.0 Å². The maximum absolute atomic E-state index is 12.8. The lowest BCUT2D eigenvalue weighted by molar-refractivity contribution is -0.116. The topological polar surface area (TPSA) is 66.3 Å². The molecule has 7 nitrogen and oxygen atoms in total. The van der Waals surface area contributed by atoms with Crippen molar-refractivity contribution in [2.45, 2.75) is 73.3 Å². The van der Waals surface area contributed by atoms with E-state index in [-0.39, 0.29) is 5.91 Å². The molecule has 1 N–H and O–H groups in total. The first kappa shape index (κ1) is 28.1. The van der Waals surface area contributed by atoms with E-state index in [1.54, 1.807) is 0 Å². The van der Waals surface area contributed by atoms with Crippen molar-refractivity contribution in [2.75, 3.05) is 44.6 Å². The van der Waals surface area contributed by atoms with Crippen LogP contribution in [0.5, 0.6) is 0 Å². The highest BCUT2D eigenvalue weighted by atomic mass is 16.1. The molecule has 2 aromatic heterocycles. The molecule has 0 atom stereocenters. The normalized spacial score (nSPS) is 12.0. The number of unbranched alkanes of at least 4 members (excludes halogenated alkanes) is 2. The summed E-state index contributed by atoms with van der Waals surface area (Å²) in [6.45, 7) is 18.8. The average Bonchev–Trinajstić information content (AvgIpc) is 3.29. The van der Waals surface area contributed by atoms with Crippen LogP contribution in [-0.4, -0.2) is 69.5 Å². The Labute approximate surface area is 217 Å². The largest absolute Gasteiger partial charge is 0.330 e. The predicted molar refractivity (Wildman–Crippen MR) is 151 cm³/mol. The summed E-state index contributed by atoms with van der Waals surface area (Å²) in [5.74, 6) is 1.09. The van der Waals surface area contributed by atoms with Gasteiger partial charge in [-0.3, -0.25) is 4.79 Å². The van der Waals surface area contributed by atoms with Gasteiger partial charge in [-0.05, 0) is 70.5 Å². The summed E-state index contributed by atoms with van der Waals surface area (Å²) in [5.41, 5.74) is 2.70. The van der Waals surface area contributed by atoms with Gasteiger partial charge >= 0.3 is 0 Å². The van der Waals surface area contributed by atoms with Crippen LogP contribution in [0.1, 0.15) is 66.7 Å². The Bertz CT molecular complexity index is 1090. The zero-order chi connectivity index (χ0) is 25.9. The molecule has 0 aliphatic carbocycles. The van der Waals surface area contributed by atoms with Gasteiger partial charge in [-0.1, -0.05) is 59.2 Å². The van der Waals surface area contributed by atoms with Gasteiger partial charge in [0.05, 0.1) is 17.4 Å². The number of hydrogen-bond donors (Lipinski definition) is 1. The van der Waals surface area contributed by atoms with Crippen molar-refractivity contribution < 1.29 is 4.79 Å². The number of rotatable bonds is 16. The van der Waals surface area contributed by atoms with Crippen LogP contribution in [-0.2, 0) is 11.3 Å². The summed E-state index contributed by atoms with van der Waals surface area (Å²) in [6.07, 6.45) is 6.68. The maximum atomic E-state index is 12.8. The molecule has 3 aromatic rings. The molecule has 1 amide bonds. The molecule has 7 heteroatoms. The number of nitrogens with one attached hydrogen (secondary N) is 1. The predicted octanol–water partition coefficient (Wildman–Crippen LogP) is 5.79. The lowest BCUT2D eigenvalue weighted by Gasteiger charge is -2.23. The Hall–Kier alpha value is -2.51. The second-order valence-electron chi connectivity index (χ2n) is 10.1. The molecule has 0 spiro atoms. The number of nitrogens with zero attached hydrogens (tertiary/aromatic N) is 5. The highest BCUT2D eigenvalue weighted by molar-refractivity contribution is 6.09. The molecule has 2 heterocycles. The lowest BCUT2D eigenvalue weighted by atomic mass is 10.1. The van der Waals surface area contributed by atoms with Crippen molar-refractivity contribution in [3.8, 4) is 0 Å². The third-order valence-electron chi connectivity index (χ3n) is 6.94. The van der Waals surface area contributed by atoms with Gasteiger partial charge in [0, 0.05) is 18.4 Å². The third-order valence-corrected chi connectivity index (χ3v) is 6.94. The van der Waals surface area contributed by atoms with Gasteiger partial charge in [0.2, 0.25) is 5.91 Å². The van der Waals surface area contributed by atoms with Crippen LogP contribution in [0, 0.1) is 5.92 Å². The minimum absolute atomic E-state index is 0.0176. The van der Waals surface area contributed by atoms with Crippen molar-refractivity contribution in [2.24, 2.45) is 5.92 Å². The van der Waals surface area contributed by atoms with Gasteiger partial charge < -0.3 is 19.7 Å². The van der Waals surface area contributed by atoms with Crippen molar-refractivity contribution in [1.82, 2.24) is 24.3 Å². The fourth-order valence-electron chi connectivity index (χ4n) is 4.88. The molecule has 0 bridgehead atoms. The summed E-state index contributed by atoms with van der Waals surface area (Å²) in [4.78, 5) is 27.2. The summed E-state index contributed by atoms with van der Waals surface area (Å²) >= 11 is 0. The van der Waals surface area contributed by atoms with Gasteiger partial charge in [-0.25, -0.2) is 9.97 Å². The maximum Gasteiger partial charge on any atom is 0.225 e. The number of amides is 1. The Morgan fingerprint density at radius 3 is 2.36 bits per heavy atom. The first-order valence-corrected chi connectivity index (χ1v) is 13.9. The minimum Gasteiger partial charge on any atom is -0.330 e. The zero-order valence-electron chi connectivity index (χ0n) is 23.1. The average molecular weight is 495 g/mol. The van der Waals surface area contributed by atoms with Crippen LogP contribution in [0.25, 0.3) is 21.9 Å². The summed E-state index contributed by atoms with van der Waals surface area (Å²) in [6, 6.07) is 8.09. The Morgan fingerprint density at radius 1 is 0.944 bits per heavy atom. The first-order valence-electron chi connectivity index (χ1n) is 13.9. The van der Waals surface area contributed by atoms with E-state index < -0.39 is 0 Å². The van der Waals surface area contributed by atoms with E-state index in [0.717, 1.165) is 80.5 Å². The number of carbonyl (C=O) groups excluding carboxylic acids is 1. The second-order valence-corrected chi connectivity index (χ2v) is 10.1. The third kappa shape index (κ3) is 7.74. The van der Waals surface area contributed by atoms with Gasteiger partial charge in [0.25, 0.3) is 0 Å². The van der Waals surface area contributed by atoms with E-state index in [4.69, 9.17) is 4.98 Å². The van der Waals surface area contributed by atoms with Crippen molar-refractivity contribution in [1.29, 1.82) is 0 Å². The summed E-state index contributed by atoms with van der Waals surface area (Å²) < 4.78 is 2.18. The van der Waals surface area contributed by atoms with Crippen LogP contribution < -0.4 is 5.32 Å². The number of anilines is 1. The van der Waals surface area contributed by atoms with Crippen LogP contribution in [0.2, 0.25) is 0 Å². The molecular weight excluding hydrogens is 448 g/mol. The van der Waals surface area contributed by atoms with E-state index in [9.17, 15) is 4.79 Å². The van der Waals surface area contributed by atoms with E-state index >= 15 is 0 Å². The van der Waals surface area contributed by atoms with Gasteiger partial charge in [0.15, 0.2) is 5.82 Å². The highest BCUT2D eigenvalue weighted by Crippen LogP contribution is 2.29. The van der Waals surface area contributed by atoms with Crippen LogP contribution >= 0.6 is 0 Å². The molecule has 0 unspecified atom stereocenters. The Morgan fingerprint density at radius 2 is 1.64 bits per heavy atom. The number of imidazole rings is 1. The first-order chi connectivity index (χ1) is 17.5. The molecule has 3 rings (SSSR count). The smallest absolute Gasteiger partial charge is 0.225 e. The molecule has 0 radical (unpaired) electrons. The standard InChI is InChI=1S/C29H46N6O/c1-6-33(7-2)19-14-20-34(8-3)18-13-9-10-17-26(36)32-29-27-28(35(22-30-27)21-23(4)5)24-15-11-12-16-25(24)31-29/h11-12,15-16,22-23H,6-10,13-14,17-21H2,1-5H3,(H,31,32,36). The van der Waals surface area contributed by atoms with Crippen molar-refractivity contribution in [3.05, 3.63) is 30.6 Å². The number of hydrogen-bond acceptors (Lipinski definition) is 5. The van der Waals surface area contributed by atoms with Crippen LogP contribution in [0.4, 0.5) is 5.82 Å². The molecule has 0 fully saturated rings. The number of benzene rings is 1. The fraction of sp³-hybridized carbons (Fsp3) is 0.621. The van der Waals surface area contributed by atoms with E-state index in [2.05, 4.69) is 65.4 Å². The van der Waals surface area contributed by atoms with Gasteiger partial charge in [0.1, 0.15) is 5.52 Å². The quantitative estimate of drug-likeness (QED) is 0.255. The van der Waals surface area contributed by atoms with Crippen molar-refractivity contribution in [3.63, 3.8) is 0 Å². The van der Waals surface area contributed by atoms with Crippen molar-refractivity contribution >= 4 is 33.7 Å². The zero-order valence-corrected chi connectivity index (χ0v) is 23.1. The van der Waals surface area contributed by atoms with Crippen LogP contribution in [0.15, 0.2) is 30.6 Å². The lowest BCUT2D eigenvalue weighted by Crippen LogP contribution is -2.30. The Balaban J connectivity index is 1.51. The monoisotopic (exact) mass is 494 g/mol. The molecule has 0 saturated carbocycles. The van der Waals surface area contributed by atoms with Gasteiger partial charge in [-0.2, -0.15) is 0 Å². The fourth-order valence-corrected chi connectivity index (χ4v) is 4.88. The number of fused-ring (bicyclic) bond motifs is 3. The molecule has 0 aliphatic heterocycles. The molecule has 0 aliphatic rings. The number of pyridine rings is 1. The number of carbonyl (C=O) groups is 1. The number of aromatic nitrogens is 3. The minimum atomic E-state index is 0.0176. The number of para-hydroxylation sites is 1. The van der Waals surface area contributed by atoms with E-state index in [0.29, 0.717) is 18.2 Å². The second kappa shape index (κ2) is 14.3. The highest BCUT2D eigenvalue weighted by Gasteiger charge is 2.16. The molecule has 1 aromatic carbocycles. The molecular formula is C29H46N6O. The molecule has 0 saturated heterocycles.